The van der Waals surface area contributed by atoms with E-state index in [1.54, 1.807) is 16.8 Å². The van der Waals surface area contributed by atoms with Gasteiger partial charge < -0.3 is 15.5 Å². The molecule has 0 radical (unpaired) electrons. The Balaban J connectivity index is 0.00000306. The number of nitrogens with one attached hydrogen (secondary N) is 2. The molecular formula is C23H29ClF2N6O. The van der Waals surface area contributed by atoms with Crippen LogP contribution in [0, 0.1) is 11.6 Å². The third-order valence-corrected chi connectivity index (χ3v) is 5.85. The molecule has 1 aliphatic heterocycles. The van der Waals surface area contributed by atoms with Gasteiger partial charge in [-0.1, -0.05) is 6.42 Å². The molecule has 7 nitrogen and oxygen atoms in total. The van der Waals surface area contributed by atoms with Crippen molar-refractivity contribution in [2.75, 3.05) is 31.6 Å². The fourth-order valence-electron chi connectivity index (χ4n) is 4.21. The molecule has 1 saturated heterocycles. The predicted molar refractivity (Wildman–Crippen MR) is 126 cm³/mol. The summed E-state index contributed by atoms with van der Waals surface area (Å²) in [5.41, 5.74) is 1.17. The van der Waals surface area contributed by atoms with Crippen molar-refractivity contribution in [3.05, 3.63) is 59.4 Å². The standard InChI is InChI=1S/C23H28F2N6O.ClH/c1-26-10-3-2-4-11-27-23(32)18-15-28-31-13-9-21(29-22(18)31)30-12-5-6-20(30)17-14-16(24)7-8-19(17)25;/h7-9,13-15,20,26H,2-6,10-12H2,1H3,(H,27,32);1H/t20-;/m1./s1. The third-order valence-electron chi connectivity index (χ3n) is 5.85. The number of nitrogens with zero attached hydrogens (tertiary/aromatic N) is 4. The van der Waals surface area contributed by atoms with Gasteiger partial charge in [-0.25, -0.2) is 18.3 Å². The number of carbonyl (C=O) groups excluding carboxylic acids is 1. The summed E-state index contributed by atoms with van der Waals surface area (Å²) in [5.74, 6) is -0.487. The highest BCUT2D eigenvalue weighted by Gasteiger charge is 2.30. The quantitative estimate of drug-likeness (QED) is 0.456. The molecule has 1 aliphatic rings. The van der Waals surface area contributed by atoms with Gasteiger partial charge in [0.15, 0.2) is 5.65 Å². The minimum Gasteiger partial charge on any atom is -0.352 e. The Morgan fingerprint density at radius 2 is 2.00 bits per heavy atom. The van der Waals surface area contributed by atoms with Gasteiger partial charge in [0.1, 0.15) is 23.0 Å². The van der Waals surface area contributed by atoms with E-state index in [9.17, 15) is 13.6 Å². The summed E-state index contributed by atoms with van der Waals surface area (Å²) in [6.07, 6.45) is 7.79. The van der Waals surface area contributed by atoms with Crippen LogP contribution in [0.2, 0.25) is 0 Å². The van der Waals surface area contributed by atoms with Crippen LogP contribution in [0.4, 0.5) is 14.6 Å². The van der Waals surface area contributed by atoms with Gasteiger partial charge in [-0.05, 0) is 63.5 Å². The highest BCUT2D eigenvalue weighted by atomic mass is 35.5. The van der Waals surface area contributed by atoms with Crippen molar-refractivity contribution in [3.8, 4) is 0 Å². The van der Waals surface area contributed by atoms with E-state index in [1.165, 1.54) is 12.3 Å². The predicted octanol–water partition coefficient (Wildman–Crippen LogP) is 3.89. The van der Waals surface area contributed by atoms with Crippen molar-refractivity contribution >= 4 is 29.8 Å². The number of unbranched alkanes of at least 4 members (excludes halogenated alkanes) is 2. The lowest BCUT2D eigenvalue weighted by Crippen LogP contribution is -2.26. The van der Waals surface area contributed by atoms with E-state index < -0.39 is 11.6 Å². The molecule has 1 fully saturated rings. The highest BCUT2D eigenvalue weighted by molar-refractivity contribution is 5.99. The number of hydrogen-bond acceptors (Lipinski definition) is 5. The van der Waals surface area contributed by atoms with E-state index in [0.29, 0.717) is 42.1 Å². The zero-order chi connectivity index (χ0) is 22.5. The van der Waals surface area contributed by atoms with Crippen LogP contribution in [0.5, 0.6) is 0 Å². The lowest BCUT2D eigenvalue weighted by atomic mass is 10.0. The van der Waals surface area contributed by atoms with Gasteiger partial charge in [-0.2, -0.15) is 5.10 Å². The first-order valence-electron chi connectivity index (χ1n) is 11.1. The van der Waals surface area contributed by atoms with Gasteiger partial charge >= 0.3 is 0 Å². The van der Waals surface area contributed by atoms with Crippen LogP contribution in [0.15, 0.2) is 36.7 Å². The van der Waals surface area contributed by atoms with Crippen LogP contribution in [0.1, 0.15) is 54.1 Å². The Morgan fingerprint density at radius 3 is 2.82 bits per heavy atom. The van der Waals surface area contributed by atoms with Gasteiger partial charge in [0.2, 0.25) is 0 Å². The fraction of sp³-hybridized carbons (Fsp3) is 0.435. The van der Waals surface area contributed by atoms with Crippen LogP contribution in [-0.4, -0.2) is 47.2 Å². The first-order valence-corrected chi connectivity index (χ1v) is 11.1. The van der Waals surface area contributed by atoms with Crippen LogP contribution in [0.25, 0.3) is 5.65 Å². The van der Waals surface area contributed by atoms with Crippen LogP contribution < -0.4 is 15.5 Å². The van der Waals surface area contributed by atoms with E-state index in [2.05, 4.69) is 20.7 Å². The molecule has 4 rings (SSSR count). The first-order chi connectivity index (χ1) is 15.6. The average molecular weight is 479 g/mol. The second-order valence-corrected chi connectivity index (χ2v) is 8.05. The average Bonchev–Trinajstić information content (AvgIpc) is 3.44. The summed E-state index contributed by atoms with van der Waals surface area (Å²) in [5, 5.41) is 10.3. The second kappa shape index (κ2) is 11.4. The minimum atomic E-state index is -0.461. The molecule has 0 bridgehead atoms. The van der Waals surface area contributed by atoms with Crippen molar-refractivity contribution in [1.82, 2.24) is 25.2 Å². The second-order valence-electron chi connectivity index (χ2n) is 8.05. The fourth-order valence-corrected chi connectivity index (χ4v) is 4.21. The summed E-state index contributed by atoms with van der Waals surface area (Å²) in [4.78, 5) is 19.3. The molecule has 10 heteroatoms. The lowest BCUT2D eigenvalue weighted by Gasteiger charge is -2.26. The topological polar surface area (TPSA) is 74.6 Å². The molecule has 0 saturated carbocycles. The zero-order valence-corrected chi connectivity index (χ0v) is 19.4. The number of anilines is 1. The first kappa shape index (κ1) is 24.9. The summed E-state index contributed by atoms with van der Waals surface area (Å²) in [7, 11) is 1.92. The third kappa shape index (κ3) is 5.59. The van der Waals surface area contributed by atoms with Crippen molar-refractivity contribution in [3.63, 3.8) is 0 Å². The minimum absolute atomic E-state index is 0. The van der Waals surface area contributed by atoms with Gasteiger partial charge in [0, 0.05) is 24.8 Å². The zero-order valence-electron chi connectivity index (χ0n) is 18.6. The van der Waals surface area contributed by atoms with E-state index in [1.807, 2.05) is 11.9 Å². The lowest BCUT2D eigenvalue weighted by molar-refractivity contribution is 0.0954. The molecule has 33 heavy (non-hydrogen) atoms. The van der Waals surface area contributed by atoms with Crippen molar-refractivity contribution in [2.45, 2.75) is 38.1 Å². The molecule has 0 spiro atoms. The maximum atomic E-state index is 14.4. The van der Waals surface area contributed by atoms with Crippen LogP contribution in [-0.2, 0) is 0 Å². The Bertz CT molecular complexity index is 1090. The van der Waals surface area contributed by atoms with Gasteiger partial charge in [0.05, 0.1) is 12.2 Å². The SMILES string of the molecule is CNCCCCCNC(=O)c1cnn2ccc(N3CCC[C@@H]3c3cc(F)ccc3F)nc12.Cl. The largest absolute Gasteiger partial charge is 0.352 e. The Morgan fingerprint density at radius 1 is 1.18 bits per heavy atom. The molecule has 2 N–H and O–H groups in total. The van der Waals surface area contributed by atoms with Gasteiger partial charge in [-0.3, -0.25) is 4.79 Å². The number of rotatable bonds is 9. The monoisotopic (exact) mass is 478 g/mol. The van der Waals surface area contributed by atoms with Crippen molar-refractivity contribution in [2.24, 2.45) is 0 Å². The number of hydrogen-bond donors (Lipinski definition) is 2. The van der Waals surface area contributed by atoms with E-state index >= 15 is 0 Å². The molecule has 3 heterocycles. The Kier molecular flexibility index (Phi) is 8.57. The maximum Gasteiger partial charge on any atom is 0.256 e. The summed E-state index contributed by atoms with van der Waals surface area (Å²) in [6, 6.07) is 5.03. The van der Waals surface area contributed by atoms with Crippen molar-refractivity contribution in [1.29, 1.82) is 0 Å². The van der Waals surface area contributed by atoms with E-state index in [0.717, 1.165) is 44.4 Å². The maximum absolute atomic E-state index is 14.4. The van der Waals surface area contributed by atoms with Crippen LogP contribution >= 0.6 is 12.4 Å². The Hall–Kier alpha value is -2.78. The van der Waals surface area contributed by atoms with Gasteiger partial charge in [-0.15, -0.1) is 12.4 Å². The summed E-state index contributed by atoms with van der Waals surface area (Å²) in [6.45, 7) is 2.23. The molecular weight excluding hydrogens is 450 g/mol. The molecule has 3 aromatic rings. The van der Waals surface area contributed by atoms with Crippen molar-refractivity contribution < 1.29 is 13.6 Å². The van der Waals surface area contributed by atoms with Crippen LogP contribution in [0.3, 0.4) is 0 Å². The molecule has 1 aromatic carbocycles. The molecule has 178 valence electrons. The summed E-state index contributed by atoms with van der Waals surface area (Å²) >= 11 is 0. The number of halogens is 3. The van der Waals surface area contributed by atoms with Gasteiger partial charge in [0.25, 0.3) is 5.91 Å². The smallest absolute Gasteiger partial charge is 0.256 e. The molecule has 1 amide bonds. The van der Waals surface area contributed by atoms with E-state index in [-0.39, 0.29) is 24.4 Å². The Labute approximate surface area is 198 Å². The molecule has 1 atom stereocenters. The number of aromatic nitrogens is 3. The van der Waals surface area contributed by atoms with E-state index in [4.69, 9.17) is 0 Å². The molecule has 2 aromatic heterocycles. The normalized spacial score (nSPS) is 15.6. The number of carbonyl (C=O) groups is 1. The number of amides is 1. The number of fused-ring (bicyclic) bond motifs is 1. The highest BCUT2D eigenvalue weighted by Crippen LogP contribution is 2.36. The summed E-state index contributed by atoms with van der Waals surface area (Å²) < 4.78 is 29.7. The number of benzene rings is 1. The molecule has 0 aliphatic carbocycles. The molecule has 0 unspecified atom stereocenters.